The molecule has 0 amide bonds. The van der Waals surface area contributed by atoms with E-state index in [1.165, 1.54) is 24.2 Å². The molecule has 1 fully saturated rings. The Balaban J connectivity index is 1.54. The predicted octanol–water partition coefficient (Wildman–Crippen LogP) is 2.07. The van der Waals surface area contributed by atoms with Crippen LogP contribution in [0.4, 0.5) is 0 Å². The van der Waals surface area contributed by atoms with Crippen molar-refractivity contribution in [1.29, 1.82) is 0 Å². The monoisotopic (exact) mass is 296 g/mol. The largest absolute Gasteiger partial charge is 0.297 e. The van der Waals surface area contributed by atoms with Gasteiger partial charge in [0.05, 0.1) is 6.20 Å². The van der Waals surface area contributed by atoms with Gasteiger partial charge in [0.1, 0.15) is 0 Å². The van der Waals surface area contributed by atoms with Gasteiger partial charge in [-0.15, -0.1) is 0 Å². The van der Waals surface area contributed by atoms with Crippen LogP contribution >= 0.6 is 0 Å². The van der Waals surface area contributed by atoms with Gasteiger partial charge < -0.3 is 0 Å². The Kier molecular flexibility index (Phi) is 3.38. The second-order valence-electron chi connectivity index (χ2n) is 6.07. The summed E-state index contributed by atoms with van der Waals surface area (Å²) in [4.78, 5) is 7.33. The van der Waals surface area contributed by atoms with E-state index in [9.17, 15) is 0 Å². The van der Waals surface area contributed by atoms with Crippen LogP contribution in [0.15, 0.2) is 30.6 Å². The first kappa shape index (κ1) is 13.5. The van der Waals surface area contributed by atoms with Crippen LogP contribution in [0, 0.1) is 0 Å². The first-order chi connectivity index (χ1) is 10.8. The number of piperidine rings is 1. The number of nitrogens with zero attached hydrogens (tertiary/aromatic N) is 5. The van der Waals surface area contributed by atoms with Gasteiger partial charge in [-0.1, -0.05) is 0 Å². The Labute approximate surface area is 129 Å². The van der Waals surface area contributed by atoms with Gasteiger partial charge >= 0.3 is 0 Å². The Hall–Kier alpha value is -2.21. The van der Waals surface area contributed by atoms with E-state index < -0.39 is 0 Å². The lowest BCUT2D eigenvalue weighted by Crippen LogP contribution is -2.34. The SMILES string of the molecule is Cn1ncc2ccc([C@@H]3CCCN(Cc4ccn[nH]4)C3)nc21. The van der Waals surface area contributed by atoms with Crippen molar-refractivity contribution in [1.82, 2.24) is 29.9 Å². The summed E-state index contributed by atoms with van der Waals surface area (Å²) < 4.78 is 1.85. The highest BCUT2D eigenvalue weighted by molar-refractivity contribution is 5.74. The summed E-state index contributed by atoms with van der Waals surface area (Å²) in [6.45, 7) is 3.13. The van der Waals surface area contributed by atoms with Gasteiger partial charge in [-0.05, 0) is 37.6 Å². The Morgan fingerprint density at radius 2 is 2.27 bits per heavy atom. The molecule has 1 aliphatic rings. The van der Waals surface area contributed by atoms with Crippen molar-refractivity contribution in [2.75, 3.05) is 13.1 Å². The molecule has 6 nitrogen and oxygen atoms in total. The van der Waals surface area contributed by atoms with Crippen LogP contribution in [0.2, 0.25) is 0 Å². The van der Waals surface area contributed by atoms with Crippen LogP contribution < -0.4 is 0 Å². The number of nitrogens with one attached hydrogen (secondary N) is 1. The maximum atomic E-state index is 4.84. The zero-order chi connectivity index (χ0) is 14.9. The summed E-state index contributed by atoms with van der Waals surface area (Å²) in [5, 5.41) is 12.5. The standard InChI is InChI=1S/C16H20N6/c1-21-16-12(9-18-21)4-5-15(19-16)13-3-2-8-22(10-13)11-14-6-7-17-20-14/h4-7,9,13H,2-3,8,10-11H2,1H3,(H,17,20)/t13-/m1/s1. The molecule has 1 atom stereocenters. The third-order valence-electron chi connectivity index (χ3n) is 4.48. The van der Waals surface area contributed by atoms with Gasteiger partial charge in [0, 0.05) is 49.0 Å². The zero-order valence-corrected chi connectivity index (χ0v) is 12.7. The Bertz CT molecular complexity index is 760. The van der Waals surface area contributed by atoms with Crippen molar-refractivity contribution in [3.63, 3.8) is 0 Å². The Morgan fingerprint density at radius 1 is 1.32 bits per heavy atom. The molecule has 1 N–H and O–H groups in total. The minimum Gasteiger partial charge on any atom is -0.297 e. The lowest BCUT2D eigenvalue weighted by Gasteiger charge is -2.32. The van der Waals surface area contributed by atoms with Crippen LogP contribution in [0.1, 0.15) is 30.1 Å². The molecule has 0 aliphatic carbocycles. The number of aryl methyl sites for hydroxylation is 1. The van der Waals surface area contributed by atoms with Crippen LogP contribution in [0.3, 0.4) is 0 Å². The van der Waals surface area contributed by atoms with E-state index in [-0.39, 0.29) is 0 Å². The molecule has 0 spiro atoms. The summed E-state index contributed by atoms with van der Waals surface area (Å²) in [5.41, 5.74) is 3.34. The average Bonchev–Trinajstić information content (AvgIpc) is 3.18. The second-order valence-corrected chi connectivity index (χ2v) is 6.07. The molecule has 3 aromatic rings. The van der Waals surface area contributed by atoms with Crippen LogP contribution in [0.5, 0.6) is 0 Å². The zero-order valence-electron chi connectivity index (χ0n) is 12.7. The summed E-state index contributed by atoms with van der Waals surface area (Å²) >= 11 is 0. The minimum atomic E-state index is 0.496. The number of aromatic amines is 1. The summed E-state index contributed by atoms with van der Waals surface area (Å²) in [5.74, 6) is 0.496. The molecular formula is C16H20N6. The topological polar surface area (TPSA) is 62.6 Å². The predicted molar refractivity (Wildman–Crippen MR) is 84.3 cm³/mol. The molecule has 0 radical (unpaired) electrons. The van der Waals surface area contributed by atoms with Gasteiger partial charge in [0.25, 0.3) is 0 Å². The molecule has 4 heterocycles. The highest BCUT2D eigenvalue weighted by atomic mass is 15.3. The van der Waals surface area contributed by atoms with E-state index in [4.69, 9.17) is 4.98 Å². The number of aromatic nitrogens is 5. The molecule has 0 aromatic carbocycles. The molecule has 1 saturated heterocycles. The number of pyridine rings is 1. The second kappa shape index (κ2) is 5.53. The summed E-state index contributed by atoms with van der Waals surface area (Å²) in [6, 6.07) is 6.34. The highest BCUT2D eigenvalue weighted by Crippen LogP contribution is 2.27. The molecule has 0 saturated carbocycles. The third kappa shape index (κ3) is 2.50. The number of fused-ring (bicyclic) bond motifs is 1. The molecular weight excluding hydrogens is 276 g/mol. The van der Waals surface area contributed by atoms with Crippen LogP contribution in [-0.2, 0) is 13.6 Å². The fourth-order valence-electron chi connectivity index (χ4n) is 3.32. The molecule has 114 valence electrons. The van der Waals surface area contributed by atoms with Gasteiger partial charge in [0.2, 0.25) is 0 Å². The van der Waals surface area contributed by atoms with Crippen molar-refractivity contribution < 1.29 is 0 Å². The summed E-state index contributed by atoms with van der Waals surface area (Å²) in [7, 11) is 1.95. The molecule has 0 bridgehead atoms. The van der Waals surface area contributed by atoms with Crippen LogP contribution in [0.25, 0.3) is 11.0 Å². The molecule has 3 aromatic heterocycles. The maximum Gasteiger partial charge on any atom is 0.157 e. The lowest BCUT2D eigenvalue weighted by molar-refractivity contribution is 0.196. The van der Waals surface area contributed by atoms with Gasteiger partial charge in [-0.2, -0.15) is 10.2 Å². The van der Waals surface area contributed by atoms with Gasteiger partial charge in [-0.3, -0.25) is 14.7 Å². The highest BCUT2D eigenvalue weighted by Gasteiger charge is 2.23. The molecule has 4 rings (SSSR count). The number of likely N-dealkylation sites (tertiary alicyclic amines) is 1. The van der Waals surface area contributed by atoms with E-state index in [1.54, 1.807) is 0 Å². The molecule has 22 heavy (non-hydrogen) atoms. The molecule has 6 heteroatoms. The fourth-order valence-corrected chi connectivity index (χ4v) is 3.32. The fraction of sp³-hybridized carbons (Fsp3) is 0.438. The molecule has 0 unspecified atom stereocenters. The first-order valence-electron chi connectivity index (χ1n) is 7.79. The van der Waals surface area contributed by atoms with E-state index in [2.05, 4.69) is 32.3 Å². The number of H-pyrrole nitrogens is 1. The van der Waals surface area contributed by atoms with Crippen molar-refractivity contribution in [3.8, 4) is 0 Å². The smallest absolute Gasteiger partial charge is 0.157 e. The lowest BCUT2D eigenvalue weighted by atomic mass is 9.94. The first-order valence-corrected chi connectivity index (χ1v) is 7.79. The summed E-state index contributed by atoms with van der Waals surface area (Å²) in [6.07, 6.45) is 6.10. The van der Waals surface area contributed by atoms with Crippen molar-refractivity contribution in [2.45, 2.75) is 25.3 Å². The number of hydrogen-bond acceptors (Lipinski definition) is 4. The van der Waals surface area contributed by atoms with E-state index in [1.807, 2.05) is 30.2 Å². The maximum absolute atomic E-state index is 4.84. The van der Waals surface area contributed by atoms with Gasteiger partial charge in [-0.25, -0.2) is 4.98 Å². The van der Waals surface area contributed by atoms with E-state index in [0.717, 1.165) is 30.7 Å². The normalized spacial score (nSPS) is 19.8. The minimum absolute atomic E-state index is 0.496. The third-order valence-corrected chi connectivity index (χ3v) is 4.48. The van der Waals surface area contributed by atoms with E-state index >= 15 is 0 Å². The average molecular weight is 296 g/mol. The van der Waals surface area contributed by atoms with Crippen LogP contribution in [-0.4, -0.2) is 43.0 Å². The van der Waals surface area contributed by atoms with E-state index in [0.29, 0.717) is 5.92 Å². The molecule has 1 aliphatic heterocycles. The number of rotatable bonds is 3. The van der Waals surface area contributed by atoms with Crippen molar-refractivity contribution >= 4 is 11.0 Å². The quantitative estimate of drug-likeness (QED) is 0.803. The Morgan fingerprint density at radius 3 is 3.14 bits per heavy atom. The van der Waals surface area contributed by atoms with Gasteiger partial charge in [0.15, 0.2) is 5.65 Å². The van der Waals surface area contributed by atoms with Crippen molar-refractivity contribution in [2.24, 2.45) is 7.05 Å². The van der Waals surface area contributed by atoms with Crippen molar-refractivity contribution in [3.05, 3.63) is 42.0 Å². The number of hydrogen-bond donors (Lipinski definition) is 1.